The van der Waals surface area contributed by atoms with Crippen LogP contribution in [-0.2, 0) is 15.8 Å². The summed E-state index contributed by atoms with van der Waals surface area (Å²) in [7, 11) is -4.23. The third kappa shape index (κ3) is 4.71. The number of hydrogen-bond donors (Lipinski definition) is 2. The van der Waals surface area contributed by atoms with Gasteiger partial charge in [-0.15, -0.1) is 0 Å². The zero-order valence-corrected chi connectivity index (χ0v) is 10.2. The first-order valence-corrected chi connectivity index (χ1v) is 6.69. The van der Waals surface area contributed by atoms with E-state index in [9.17, 15) is 9.36 Å². The van der Waals surface area contributed by atoms with Crippen molar-refractivity contribution in [2.24, 2.45) is 0 Å². The average Bonchev–Trinajstić information content (AvgIpc) is 1.96. The summed E-state index contributed by atoms with van der Waals surface area (Å²) in [5, 5.41) is 0. The van der Waals surface area contributed by atoms with Crippen LogP contribution in [0.2, 0.25) is 0 Å². The number of Topliss-reactive ketones (excluding diaryl/α,β-unsaturated/α-hetero) is 1. The molecule has 0 heterocycles. The molecule has 0 radical (unpaired) electrons. The molecule has 0 amide bonds. The van der Waals surface area contributed by atoms with E-state index in [1.54, 1.807) is 0 Å². The summed E-state index contributed by atoms with van der Waals surface area (Å²) in [6.07, 6.45) is -0.604. The number of aryl methyl sites for hydroxylation is 2. The van der Waals surface area contributed by atoms with Gasteiger partial charge in [-0.25, -0.2) is 0 Å². The molecule has 2 N–H and O–H groups in total. The van der Waals surface area contributed by atoms with Crippen LogP contribution in [0.15, 0.2) is 18.2 Å². The Morgan fingerprint density at radius 2 is 1.69 bits per heavy atom. The first-order valence-electron chi connectivity index (χ1n) is 4.90. The molecule has 5 heteroatoms. The van der Waals surface area contributed by atoms with Crippen LogP contribution in [-0.4, -0.2) is 21.7 Å². The minimum atomic E-state index is -4.23. The first-order chi connectivity index (χ1) is 7.26. The van der Waals surface area contributed by atoms with Gasteiger partial charge in [0.2, 0.25) is 0 Å². The van der Waals surface area contributed by atoms with Crippen LogP contribution in [0.1, 0.15) is 16.7 Å². The Morgan fingerprint density at radius 1 is 1.19 bits per heavy atom. The van der Waals surface area contributed by atoms with Gasteiger partial charge in [-0.3, -0.25) is 9.36 Å². The summed E-state index contributed by atoms with van der Waals surface area (Å²) in [5.41, 5.74) is 2.88. The second-order valence-electron chi connectivity index (χ2n) is 4.03. The maximum Gasteiger partial charge on any atom is 0.332 e. The van der Waals surface area contributed by atoms with Crippen LogP contribution in [0, 0.1) is 13.8 Å². The number of ketones is 1. The fourth-order valence-electron chi connectivity index (χ4n) is 1.68. The Bertz CT molecular complexity index is 427. The van der Waals surface area contributed by atoms with Crippen LogP contribution in [0.25, 0.3) is 0 Å². The Hall–Kier alpha value is -0.960. The number of benzene rings is 1. The molecule has 88 valence electrons. The zero-order chi connectivity index (χ0) is 12.3. The number of rotatable bonds is 4. The van der Waals surface area contributed by atoms with E-state index in [1.165, 1.54) is 0 Å². The van der Waals surface area contributed by atoms with E-state index in [0.29, 0.717) is 0 Å². The summed E-state index contributed by atoms with van der Waals surface area (Å²) in [6.45, 7) is 3.84. The number of hydrogen-bond acceptors (Lipinski definition) is 2. The van der Waals surface area contributed by atoms with E-state index in [-0.39, 0.29) is 6.42 Å². The molecule has 0 aromatic heterocycles. The molecule has 1 aromatic rings. The molecule has 0 atom stereocenters. The molecular formula is C11H15O4P. The maximum atomic E-state index is 11.4. The Balaban J connectivity index is 2.74. The molecule has 0 aliphatic rings. The lowest BCUT2D eigenvalue weighted by atomic mass is 10.0. The van der Waals surface area contributed by atoms with Gasteiger partial charge >= 0.3 is 7.60 Å². The first kappa shape index (κ1) is 13.1. The van der Waals surface area contributed by atoms with Crippen molar-refractivity contribution in [3.05, 3.63) is 34.9 Å². The van der Waals surface area contributed by atoms with Crippen LogP contribution < -0.4 is 0 Å². The third-order valence-electron chi connectivity index (χ3n) is 2.07. The van der Waals surface area contributed by atoms with Gasteiger partial charge < -0.3 is 9.79 Å². The lowest BCUT2D eigenvalue weighted by Crippen LogP contribution is -2.08. The van der Waals surface area contributed by atoms with Crippen molar-refractivity contribution in [1.82, 2.24) is 0 Å². The highest BCUT2D eigenvalue weighted by molar-refractivity contribution is 7.52. The average molecular weight is 242 g/mol. The van der Waals surface area contributed by atoms with Gasteiger partial charge in [0.05, 0.1) is 0 Å². The predicted molar refractivity (Wildman–Crippen MR) is 61.5 cm³/mol. The number of carbonyl (C=O) groups excluding carboxylic acids is 1. The highest BCUT2D eigenvalue weighted by Gasteiger charge is 2.18. The van der Waals surface area contributed by atoms with E-state index < -0.39 is 19.5 Å². The molecule has 0 aliphatic carbocycles. The zero-order valence-electron chi connectivity index (χ0n) is 9.30. The fraction of sp³-hybridized carbons (Fsp3) is 0.364. The van der Waals surface area contributed by atoms with Crippen molar-refractivity contribution >= 4 is 13.4 Å². The lowest BCUT2D eigenvalue weighted by Gasteiger charge is -2.05. The molecule has 16 heavy (non-hydrogen) atoms. The molecule has 0 unspecified atom stereocenters. The Morgan fingerprint density at radius 3 is 2.12 bits per heavy atom. The third-order valence-corrected chi connectivity index (χ3v) is 2.83. The van der Waals surface area contributed by atoms with Crippen molar-refractivity contribution in [2.45, 2.75) is 20.3 Å². The quantitative estimate of drug-likeness (QED) is 0.786. The van der Waals surface area contributed by atoms with E-state index in [2.05, 4.69) is 0 Å². The van der Waals surface area contributed by atoms with Crippen LogP contribution in [0.4, 0.5) is 0 Å². The maximum absolute atomic E-state index is 11.4. The summed E-state index contributed by atoms with van der Waals surface area (Å²) < 4.78 is 10.6. The van der Waals surface area contributed by atoms with Gasteiger partial charge in [0.25, 0.3) is 0 Å². The van der Waals surface area contributed by atoms with Crippen LogP contribution in [0.3, 0.4) is 0 Å². The molecule has 0 aliphatic heterocycles. The monoisotopic (exact) mass is 242 g/mol. The number of carbonyl (C=O) groups is 1. The van der Waals surface area contributed by atoms with E-state index in [4.69, 9.17) is 9.79 Å². The van der Waals surface area contributed by atoms with Crippen molar-refractivity contribution < 1.29 is 19.1 Å². The molecular weight excluding hydrogens is 227 g/mol. The van der Waals surface area contributed by atoms with Crippen molar-refractivity contribution in [3.63, 3.8) is 0 Å². The van der Waals surface area contributed by atoms with Crippen LogP contribution in [0.5, 0.6) is 0 Å². The van der Waals surface area contributed by atoms with Crippen LogP contribution >= 0.6 is 7.60 Å². The molecule has 0 fully saturated rings. The highest BCUT2D eigenvalue weighted by atomic mass is 31.2. The molecule has 4 nitrogen and oxygen atoms in total. The highest BCUT2D eigenvalue weighted by Crippen LogP contribution is 2.34. The normalized spacial score (nSPS) is 11.5. The van der Waals surface area contributed by atoms with E-state index in [1.807, 2.05) is 32.0 Å². The SMILES string of the molecule is Cc1cc(C)cc(CC(=O)CP(=O)(O)O)c1. The van der Waals surface area contributed by atoms with Crippen molar-refractivity contribution in [1.29, 1.82) is 0 Å². The predicted octanol–water partition coefficient (Wildman–Crippen LogP) is 1.59. The second kappa shape index (κ2) is 4.91. The molecule has 1 aromatic carbocycles. The Labute approximate surface area is 94.5 Å². The lowest BCUT2D eigenvalue weighted by molar-refractivity contribution is -0.116. The summed E-state index contributed by atoms with van der Waals surface area (Å²) in [5.74, 6) is -0.432. The fourth-order valence-corrected chi connectivity index (χ4v) is 2.26. The van der Waals surface area contributed by atoms with Gasteiger partial charge in [-0.05, 0) is 19.4 Å². The standard InChI is InChI=1S/C11H15O4P/c1-8-3-9(2)5-10(4-8)6-11(12)7-16(13,14)15/h3-5H,6-7H2,1-2H3,(H2,13,14,15). The van der Waals surface area contributed by atoms with Crippen molar-refractivity contribution in [3.8, 4) is 0 Å². The van der Waals surface area contributed by atoms with Gasteiger partial charge in [-0.1, -0.05) is 29.3 Å². The molecule has 0 bridgehead atoms. The van der Waals surface area contributed by atoms with Gasteiger partial charge in [0.1, 0.15) is 11.9 Å². The molecule has 0 saturated heterocycles. The topological polar surface area (TPSA) is 74.6 Å². The summed E-state index contributed by atoms with van der Waals surface area (Å²) in [4.78, 5) is 28.7. The molecule has 0 saturated carbocycles. The minimum absolute atomic E-state index is 0.0770. The van der Waals surface area contributed by atoms with Gasteiger partial charge in [0.15, 0.2) is 0 Å². The smallest absolute Gasteiger partial charge is 0.324 e. The summed E-state index contributed by atoms with van der Waals surface area (Å²) >= 11 is 0. The van der Waals surface area contributed by atoms with E-state index in [0.717, 1.165) is 16.7 Å². The minimum Gasteiger partial charge on any atom is -0.324 e. The molecule has 1 rings (SSSR count). The Kier molecular flexibility index (Phi) is 4.03. The van der Waals surface area contributed by atoms with Gasteiger partial charge in [-0.2, -0.15) is 0 Å². The molecule has 0 spiro atoms. The second-order valence-corrected chi connectivity index (χ2v) is 5.68. The summed E-state index contributed by atoms with van der Waals surface area (Å²) in [6, 6.07) is 5.69. The van der Waals surface area contributed by atoms with Gasteiger partial charge in [0, 0.05) is 6.42 Å². The van der Waals surface area contributed by atoms with Crippen molar-refractivity contribution in [2.75, 3.05) is 6.16 Å². The largest absolute Gasteiger partial charge is 0.332 e. The van der Waals surface area contributed by atoms with E-state index >= 15 is 0 Å².